The summed E-state index contributed by atoms with van der Waals surface area (Å²) in [5.74, 6) is 0.634. The van der Waals surface area contributed by atoms with Crippen LogP contribution in [0.15, 0.2) is 0 Å². The SMILES string of the molecule is CCCCCCCCCCCCCCCCCC(=O)OCC(CCCCCCCC)CCCCCCCCCC. The molecule has 0 rings (SSSR count). The van der Waals surface area contributed by atoms with Crippen molar-refractivity contribution < 1.29 is 9.53 Å². The third kappa shape index (κ3) is 32.0. The molecule has 0 fully saturated rings. The molecular formula is C38H76O2. The summed E-state index contributed by atoms with van der Waals surface area (Å²) in [5, 5.41) is 0. The lowest BCUT2D eigenvalue weighted by Gasteiger charge is -2.17. The van der Waals surface area contributed by atoms with Crippen molar-refractivity contribution in [2.24, 2.45) is 5.92 Å². The zero-order chi connectivity index (χ0) is 29.2. The second-order valence-corrected chi connectivity index (χ2v) is 13.1. The highest BCUT2D eigenvalue weighted by molar-refractivity contribution is 5.69. The van der Waals surface area contributed by atoms with E-state index in [1.54, 1.807) is 0 Å². The molecule has 0 aliphatic carbocycles. The predicted octanol–water partition coefficient (Wildman–Crippen LogP) is 13.7. The first-order valence-corrected chi connectivity index (χ1v) is 18.9. The summed E-state index contributed by atoms with van der Waals surface area (Å²) in [6.45, 7) is 7.54. The lowest BCUT2D eigenvalue weighted by atomic mass is 9.94. The molecule has 0 aromatic rings. The maximum absolute atomic E-state index is 12.4. The molecule has 2 heteroatoms. The van der Waals surface area contributed by atoms with E-state index >= 15 is 0 Å². The molecule has 240 valence electrons. The van der Waals surface area contributed by atoms with Gasteiger partial charge in [-0.25, -0.2) is 0 Å². The van der Waals surface area contributed by atoms with Gasteiger partial charge in [0, 0.05) is 6.42 Å². The molecule has 1 unspecified atom stereocenters. The molecule has 0 aliphatic rings. The molecule has 0 bridgehead atoms. The van der Waals surface area contributed by atoms with Crippen molar-refractivity contribution >= 4 is 5.97 Å². The minimum atomic E-state index is 0.0542. The largest absolute Gasteiger partial charge is 0.465 e. The van der Waals surface area contributed by atoms with Crippen LogP contribution in [0.4, 0.5) is 0 Å². The van der Waals surface area contributed by atoms with Crippen molar-refractivity contribution in [1.29, 1.82) is 0 Å². The summed E-state index contributed by atoms with van der Waals surface area (Å²) in [4.78, 5) is 12.4. The zero-order valence-corrected chi connectivity index (χ0v) is 28.2. The standard InChI is InChI=1S/C38H76O2/c1-4-7-10-13-16-18-19-20-21-22-23-24-26-29-32-35-38(39)40-36-37(33-30-27-15-12-9-6-3)34-31-28-25-17-14-11-8-5-2/h37H,4-36H2,1-3H3. The van der Waals surface area contributed by atoms with Crippen LogP contribution in [0.25, 0.3) is 0 Å². The highest BCUT2D eigenvalue weighted by Gasteiger charge is 2.12. The Kier molecular flexibility index (Phi) is 34.2. The first-order valence-electron chi connectivity index (χ1n) is 18.9. The minimum Gasteiger partial charge on any atom is -0.465 e. The molecule has 0 amide bonds. The molecule has 0 saturated heterocycles. The highest BCUT2D eigenvalue weighted by Crippen LogP contribution is 2.21. The van der Waals surface area contributed by atoms with Crippen LogP contribution in [0, 0.1) is 5.92 Å². The van der Waals surface area contributed by atoms with E-state index in [0.717, 1.165) is 6.42 Å². The van der Waals surface area contributed by atoms with Gasteiger partial charge in [0.05, 0.1) is 6.61 Å². The van der Waals surface area contributed by atoms with E-state index in [-0.39, 0.29) is 5.97 Å². The van der Waals surface area contributed by atoms with Crippen LogP contribution in [0.5, 0.6) is 0 Å². The second-order valence-electron chi connectivity index (χ2n) is 13.1. The maximum atomic E-state index is 12.4. The van der Waals surface area contributed by atoms with E-state index in [0.29, 0.717) is 18.9 Å². The summed E-state index contributed by atoms with van der Waals surface area (Å²) < 4.78 is 5.80. The molecule has 0 aliphatic heterocycles. The van der Waals surface area contributed by atoms with Gasteiger partial charge >= 0.3 is 5.97 Å². The Bertz CT molecular complexity index is 474. The molecule has 0 spiro atoms. The Morgan fingerprint density at radius 3 is 1.00 bits per heavy atom. The van der Waals surface area contributed by atoms with Crippen LogP contribution >= 0.6 is 0 Å². The van der Waals surface area contributed by atoms with Crippen LogP contribution in [0.2, 0.25) is 0 Å². The molecule has 1 atom stereocenters. The molecule has 40 heavy (non-hydrogen) atoms. The number of rotatable bonds is 34. The van der Waals surface area contributed by atoms with Gasteiger partial charge in [0.2, 0.25) is 0 Å². The fourth-order valence-electron chi connectivity index (χ4n) is 6.01. The van der Waals surface area contributed by atoms with Gasteiger partial charge in [-0.1, -0.05) is 201 Å². The Morgan fingerprint density at radius 2 is 0.675 bits per heavy atom. The van der Waals surface area contributed by atoms with E-state index < -0.39 is 0 Å². The van der Waals surface area contributed by atoms with Gasteiger partial charge in [-0.2, -0.15) is 0 Å². The number of hydrogen-bond acceptors (Lipinski definition) is 2. The van der Waals surface area contributed by atoms with Crippen LogP contribution in [0.3, 0.4) is 0 Å². The third-order valence-corrected chi connectivity index (χ3v) is 8.90. The van der Waals surface area contributed by atoms with Crippen LogP contribution in [-0.4, -0.2) is 12.6 Å². The van der Waals surface area contributed by atoms with E-state index in [1.165, 1.54) is 193 Å². The highest BCUT2D eigenvalue weighted by atomic mass is 16.5. The zero-order valence-electron chi connectivity index (χ0n) is 28.2. The van der Waals surface area contributed by atoms with Gasteiger partial charge in [0.1, 0.15) is 0 Å². The van der Waals surface area contributed by atoms with E-state index in [9.17, 15) is 4.79 Å². The average molecular weight is 565 g/mol. The van der Waals surface area contributed by atoms with Crippen LogP contribution in [0.1, 0.15) is 226 Å². The van der Waals surface area contributed by atoms with Gasteiger partial charge in [-0.15, -0.1) is 0 Å². The summed E-state index contributed by atoms with van der Waals surface area (Å²) in [6, 6.07) is 0. The summed E-state index contributed by atoms with van der Waals surface area (Å²) in [5.41, 5.74) is 0. The molecule has 0 saturated carbocycles. The smallest absolute Gasteiger partial charge is 0.305 e. The lowest BCUT2D eigenvalue weighted by Crippen LogP contribution is -2.14. The number of esters is 1. The maximum Gasteiger partial charge on any atom is 0.305 e. The number of hydrogen-bond donors (Lipinski definition) is 0. The molecule has 0 N–H and O–H groups in total. The van der Waals surface area contributed by atoms with E-state index in [4.69, 9.17) is 4.74 Å². The Morgan fingerprint density at radius 1 is 0.400 bits per heavy atom. The van der Waals surface area contributed by atoms with Crippen LogP contribution < -0.4 is 0 Å². The van der Waals surface area contributed by atoms with Gasteiger partial charge in [-0.05, 0) is 25.2 Å². The lowest BCUT2D eigenvalue weighted by molar-refractivity contribution is -0.145. The van der Waals surface area contributed by atoms with Crippen LogP contribution in [-0.2, 0) is 9.53 Å². The molecule has 2 nitrogen and oxygen atoms in total. The molecule has 0 aromatic carbocycles. The monoisotopic (exact) mass is 565 g/mol. The number of carbonyl (C=O) groups excluding carboxylic acids is 1. The second kappa shape index (κ2) is 34.7. The fourth-order valence-corrected chi connectivity index (χ4v) is 6.01. The first kappa shape index (κ1) is 39.5. The summed E-state index contributed by atoms with van der Waals surface area (Å²) in [6.07, 6.45) is 42.6. The molecule has 0 aromatic heterocycles. The number of carbonyl (C=O) groups is 1. The van der Waals surface area contributed by atoms with Gasteiger partial charge in [-0.3, -0.25) is 4.79 Å². The Balaban J connectivity index is 3.80. The molecule has 0 heterocycles. The Hall–Kier alpha value is -0.530. The van der Waals surface area contributed by atoms with Gasteiger partial charge in [0.15, 0.2) is 0 Å². The fraction of sp³-hybridized carbons (Fsp3) is 0.974. The van der Waals surface area contributed by atoms with Gasteiger partial charge < -0.3 is 4.74 Å². The molecule has 0 radical (unpaired) electrons. The van der Waals surface area contributed by atoms with E-state index in [2.05, 4.69) is 20.8 Å². The number of ether oxygens (including phenoxy) is 1. The predicted molar refractivity (Wildman–Crippen MR) is 179 cm³/mol. The average Bonchev–Trinajstić information content (AvgIpc) is 2.96. The van der Waals surface area contributed by atoms with Crippen molar-refractivity contribution in [2.45, 2.75) is 226 Å². The van der Waals surface area contributed by atoms with E-state index in [1.807, 2.05) is 0 Å². The topological polar surface area (TPSA) is 26.3 Å². The summed E-state index contributed by atoms with van der Waals surface area (Å²) >= 11 is 0. The van der Waals surface area contributed by atoms with Crippen molar-refractivity contribution in [3.05, 3.63) is 0 Å². The van der Waals surface area contributed by atoms with Crippen molar-refractivity contribution in [2.75, 3.05) is 6.61 Å². The van der Waals surface area contributed by atoms with Crippen molar-refractivity contribution in [1.82, 2.24) is 0 Å². The molecular weight excluding hydrogens is 488 g/mol. The first-order chi connectivity index (χ1) is 19.7. The van der Waals surface area contributed by atoms with Crippen molar-refractivity contribution in [3.63, 3.8) is 0 Å². The summed E-state index contributed by atoms with van der Waals surface area (Å²) in [7, 11) is 0. The normalized spacial score (nSPS) is 12.2. The minimum absolute atomic E-state index is 0.0542. The van der Waals surface area contributed by atoms with Gasteiger partial charge in [0.25, 0.3) is 0 Å². The Labute approximate surface area is 254 Å². The third-order valence-electron chi connectivity index (χ3n) is 8.90. The number of unbranched alkanes of at least 4 members (excludes halogenated alkanes) is 26. The quantitative estimate of drug-likeness (QED) is 0.0574. The van der Waals surface area contributed by atoms with Crippen molar-refractivity contribution in [3.8, 4) is 0 Å².